The van der Waals surface area contributed by atoms with Gasteiger partial charge in [-0.25, -0.2) is 0 Å². The highest BCUT2D eigenvalue weighted by atomic mass is 32.1. The number of thiocarbonyl (C=S) groups is 1. The highest BCUT2D eigenvalue weighted by Crippen LogP contribution is 2.12. The SMILES string of the molecule is CCOCCCNC(=S)N/N=C(/C)c1ccc([N+](=O)[O-])cc1. The molecule has 0 aliphatic heterocycles. The van der Waals surface area contributed by atoms with Crippen LogP contribution in [0.15, 0.2) is 29.4 Å². The summed E-state index contributed by atoms with van der Waals surface area (Å²) < 4.78 is 5.22. The minimum atomic E-state index is -0.435. The molecule has 0 amide bonds. The molecule has 1 aromatic carbocycles. The number of nitrogens with zero attached hydrogens (tertiary/aromatic N) is 2. The van der Waals surface area contributed by atoms with E-state index in [4.69, 9.17) is 17.0 Å². The summed E-state index contributed by atoms with van der Waals surface area (Å²) in [6.45, 7) is 5.86. The van der Waals surface area contributed by atoms with Crippen LogP contribution in [0.25, 0.3) is 0 Å². The summed E-state index contributed by atoms with van der Waals surface area (Å²) in [6, 6.07) is 6.19. The molecule has 7 nitrogen and oxygen atoms in total. The molecule has 0 radical (unpaired) electrons. The first-order valence-corrected chi connectivity index (χ1v) is 7.36. The molecule has 8 heteroatoms. The van der Waals surface area contributed by atoms with E-state index in [1.807, 2.05) is 6.92 Å². The Balaban J connectivity index is 2.41. The molecule has 2 N–H and O–H groups in total. The van der Waals surface area contributed by atoms with E-state index in [2.05, 4.69) is 15.8 Å². The maximum absolute atomic E-state index is 10.6. The Morgan fingerprint density at radius 2 is 2.09 bits per heavy atom. The van der Waals surface area contributed by atoms with Crippen LogP contribution in [0.5, 0.6) is 0 Å². The van der Waals surface area contributed by atoms with Crippen molar-refractivity contribution in [3.8, 4) is 0 Å². The number of nitro groups is 1. The number of benzene rings is 1. The van der Waals surface area contributed by atoms with E-state index < -0.39 is 4.92 Å². The Morgan fingerprint density at radius 1 is 1.41 bits per heavy atom. The van der Waals surface area contributed by atoms with Gasteiger partial charge in [-0.05, 0) is 50.2 Å². The van der Waals surface area contributed by atoms with Crippen LogP contribution >= 0.6 is 12.2 Å². The zero-order chi connectivity index (χ0) is 16.4. The molecule has 0 aromatic heterocycles. The van der Waals surface area contributed by atoms with Crippen molar-refractivity contribution >= 4 is 28.7 Å². The summed E-state index contributed by atoms with van der Waals surface area (Å²) in [4.78, 5) is 10.2. The number of rotatable bonds is 8. The number of nitrogens with one attached hydrogen (secondary N) is 2. The minimum Gasteiger partial charge on any atom is -0.382 e. The van der Waals surface area contributed by atoms with Crippen molar-refractivity contribution < 1.29 is 9.66 Å². The van der Waals surface area contributed by atoms with Crippen LogP contribution < -0.4 is 10.7 Å². The molecule has 22 heavy (non-hydrogen) atoms. The molecular formula is C14H20N4O3S. The molecule has 0 fully saturated rings. The second-order valence-electron chi connectivity index (χ2n) is 4.42. The maximum atomic E-state index is 10.6. The van der Waals surface area contributed by atoms with Gasteiger partial charge in [-0.1, -0.05) is 0 Å². The van der Waals surface area contributed by atoms with Gasteiger partial charge in [0, 0.05) is 31.9 Å². The lowest BCUT2D eigenvalue weighted by Crippen LogP contribution is -2.33. The first-order valence-electron chi connectivity index (χ1n) is 6.95. The number of hydrogen-bond acceptors (Lipinski definition) is 5. The molecular weight excluding hydrogens is 304 g/mol. The summed E-state index contributed by atoms with van der Waals surface area (Å²) in [6.07, 6.45) is 0.862. The lowest BCUT2D eigenvalue weighted by Gasteiger charge is -2.08. The Labute approximate surface area is 134 Å². The maximum Gasteiger partial charge on any atom is 0.269 e. The molecule has 0 atom stereocenters. The second kappa shape index (κ2) is 9.80. The third-order valence-corrected chi connectivity index (χ3v) is 3.01. The van der Waals surface area contributed by atoms with E-state index in [-0.39, 0.29) is 5.69 Å². The van der Waals surface area contributed by atoms with E-state index in [0.29, 0.717) is 30.6 Å². The normalized spacial score (nSPS) is 11.1. The molecule has 1 rings (SSSR count). The van der Waals surface area contributed by atoms with Gasteiger partial charge in [0.25, 0.3) is 5.69 Å². The first kappa shape index (κ1) is 18.0. The summed E-state index contributed by atoms with van der Waals surface area (Å²) in [7, 11) is 0. The summed E-state index contributed by atoms with van der Waals surface area (Å²) in [5, 5.41) is 18.2. The van der Waals surface area contributed by atoms with E-state index in [0.717, 1.165) is 12.0 Å². The summed E-state index contributed by atoms with van der Waals surface area (Å²) in [5.74, 6) is 0. The lowest BCUT2D eigenvalue weighted by atomic mass is 10.1. The fourth-order valence-electron chi connectivity index (χ4n) is 1.58. The van der Waals surface area contributed by atoms with E-state index >= 15 is 0 Å². The molecule has 120 valence electrons. The fourth-order valence-corrected chi connectivity index (χ4v) is 1.73. The van der Waals surface area contributed by atoms with Crippen LogP contribution in [0.2, 0.25) is 0 Å². The van der Waals surface area contributed by atoms with Crippen molar-refractivity contribution in [2.75, 3.05) is 19.8 Å². The number of hydrazone groups is 1. The van der Waals surface area contributed by atoms with Crippen molar-refractivity contribution in [1.29, 1.82) is 0 Å². The van der Waals surface area contributed by atoms with Gasteiger partial charge < -0.3 is 10.1 Å². The van der Waals surface area contributed by atoms with Crippen molar-refractivity contribution in [3.63, 3.8) is 0 Å². The first-order chi connectivity index (χ1) is 10.5. The smallest absolute Gasteiger partial charge is 0.269 e. The Kier molecular flexibility index (Phi) is 8.01. The lowest BCUT2D eigenvalue weighted by molar-refractivity contribution is -0.384. The average molecular weight is 324 g/mol. The molecule has 0 spiro atoms. The third-order valence-electron chi connectivity index (χ3n) is 2.78. The van der Waals surface area contributed by atoms with Crippen LogP contribution in [-0.2, 0) is 4.74 Å². The highest BCUT2D eigenvalue weighted by Gasteiger charge is 2.05. The van der Waals surface area contributed by atoms with Gasteiger partial charge in [0.15, 0.2) is 5.11 Å². The predicted molar refractivity (Wildman–Crippen MR) is 90.2 cm³/mol. The Morgan fingerprint density at radius 3 is 2.68 bits per heavy atom. The topological polar surface area (TPSA) is 88.8 Å². The zero-order valence-corrected chi connectivity index (χ0v) is 13.5. The predicted octanol–water partition coefficient (Wildman–Crippen LogP) is 2.21. The largest absolute Gasteiger partial charge is 0.382 e. The van der Waals surface area contributed by atoms with Gasteiger partial charge in [-0.15, -0.1) is 0 Å². The highest BCUT2D eigenvalue weighted by molar-refractivity contribution is 7.80. The molecule has 0 heterocycles. The minimum absolute atomic E-state index is 0.0518. The standard InChI is InChI=1S/C14H20N4O3S/c1-3-21-10-4-9-15-14(22)17-16-11(2)12-5-7-13(8-6-12)18(19)20/h5-8H,3-4,9-10H2,1-2H3,(H2,15,17,22)/b16-11-. The summed E-state index contributed by atoms with van der Waals surface area (Å²) >= 11 is 5.10. The third kappa shape index (κ3) is 6.59. The number of non-ortho nitro benzene ring substituents is 1. The monoisotopic (exact) mass is 324 g/mol. The van der Waals surface area contributed by atoms with E-state index in [9.17, 15) is 10.1 Å². The summed E-state index contributed by atoms with van der Waals surface area (Å²) in [5.41, 5.74) is 4.27. The Hall–Kier alpha value is -2.06. The van der Waals surface area contributed by atoms with Gasteiger partial charge in [0.05, 0.1) is 10.6 Å². The van der Waals surface area contributed by atoms with Crippen LogP contribution in [0.3, 0.4) is 0 Å². The fraction of sp³-hybridized carbons (Fsp3) is 0.429. The second-order valence-corrected chi connectivity index (χ2v) is 4.83. The molecule has 0 saturated heterocycles. The van der Waals surface area contributed by atoms with Crippen LogP contribution in [-0.4, -0.2) is 35.5 Å². The zero-order valence-electron chi connectivity index (χ0n) is 12.7. The van der Waals surface area contributed by atoms with Crippen molar-refractivity contribution in [2.45, 2.75) is 20.3 Å². The molecule has 0 aliphatic rings. The molecule has 0 saturated carbocycles. The van der Waals surface area contributed by atoms with Gasteiger partial charge in [0.1, 0.15) is 0 Å². The van der Waals surface area contributed by atoms with Crippen LogP contribution in [0.1, 0.15) is 25.8 Å². The number of ether oxygens (including phenoxy) is 1. The molecule has 0 bridgehead atoms. The van der Waals surface area contributed by atoms with Gasteiger partial charge in [0.2, 0.25) is 0 Å². The van der Waals surface area contributed by atoms with E-state index in [1.165, 1.54) is 12.1 Å². The number of nitro benzene ring substituents is 1. The van der Waals surface area contributed by atoms with Gasteiger partial charge in [-0.2, -0.15) is 5.10 Å². The van der Waals surface area contributed by atoms with E-state index in [1.54, 1.807) is 19.1 Å². The van der Waals surface area contributed by atoms with Crippen LogP contribution in [0, 0.1) is 10.1 Å². The number of hydrogen-bond donors (Lipinski definition) is 2. The molecule has 0 aliphatic carbocycles. The average Bonchev–Trinajstić information content (AvgIpc) is 2.52. The van der Waals surface area contributed by atoms with Gasteiger partial charge >= 0.3 is 0 Å². The van der Waals surface area contributed by atoms with Crippen molar-refractivity contribution in [2.24, 2.45) is 5.10 Å². The van der Waals surface area contributed by atoms with Crippen molar-refractivity contribution in [3.05, 3.63) is 39.9 Å². The molecule has 0 unspecified atom stereocenters. The molecule has 1 aromatic rings. The quantitative estimate of drug-likeness (QED) is 0.251. The Bertz CT molecular complexity index is 531. The van der Waals surface area contributed by atoms with Gasteiger partial charge in [-0.3, -0.25) is 15.5 Å². The van der Waals surface area contributed by atoms with Crippen molar-refractivity contribution in [1.82, 2.24) is 10.7 Å². The van der Waals surface area contributed by atoms with Crippen LogP contribution in [0.4, 0.5) is 5.69 Å².